The average Bonchev–Trinajstić information content (AvgIpc) is 2.80. The van der Waals surface area contributed by atoms with Gasteiger partial charge in [-0.2, -0.15) is 0 Å². The molecule has 1 spiro atoms. The van der Waals surface area contributed by atoms with E-state index in [1.165, 1.54) is 0 Å². The lowest BCUT2D eigenvalue weighted by atomic mass is 10.0. The summed E-state index contributed by atoms with van der Waals surface area (Å²) in [6, 6.07) is 3.94. The Morgan fingerprint density at radius 3 is 3.00 bits per heavy atom. The summed E-state index contributed by atoms with van der Waals surface area (Å²) in [5.74, 6) is -0.368. The summed E-state index contributed by atoms with van der Waals surface area (Å²) in [6.45, 7) is 4.10. The van der Waals surface area contributed by atoms with E-state index >= 15 is 0 Å². The van der Waals surface area contributed by atoms with Gasteiger partial charge in [-0.3, -0.25) is 4.90 Å². The standard InChI is InChI=1S/C13H17ClN2O2/c14-12-11(3-1-5-15-12)9-16-6-2-4-13(10-16)17-7-8-18-13/h1,3,5H,2,4,6-10H2. The van der Waals surface area contributed by atoms with Gasteiger partial charge in [0.2, 0.25) is 0 Å². The smallest absolute Gasteiger partial charge is 0.181 e. The number of piperidine rings is 1. The van der Waals surface area contributed by atoms with Crippen molar-refractivity contribution in [2.75, 3.05) is 26.3 Å². The van der Waals surface area contributed by atoms with Crippen LogP contribution >= 0.6 is 11.6 Å². The summed E-state index contributed by atoms with van der Waals surface area (Å²) in [5.41, 5.74) is 1.06. The average molecular weight is 269 g/mol. The van der Waals surface area contributed by atoms with Crippen molar-refractivity contribution >= 4 is 11.6 Å². The van der Waals surface area contributed by atoms with Gasteiger partial charge in [0.15, 0.2) is 5.79 Å². The molecule has 3 heterocycles. The summed E-state index contributed by atoms with van der Waals surface area (Å²) in [5, 5.41) is 0.588. The molecule has 4 nitrogen and oxygen atoms in total. The van der Waals surface area contributed by atoms with Gasteiger partial charge in [-0.1, -0.05) is 17.7 Å². The molecule has 0 atom stereocenters. The van der Waals surface area contributed by atoms with Crippen LogP contribution in [0.1, 0.15) is 18.4 Å². The largest absolute Gasteiger partial charge is 0.346 e. The third-order valence-electron chi connectivity index (χ3n) is 3.54. The summed E-state index contributed by atoms with van der Waals surface area (Å²) >= 11 is 6.09. The van der Waals surface area contributed by atoms with Crippen LogP contribution in [0.3, 0.4) is 0 Å². The number of rotatable bonds is 2. The van der Waals surface area contributed by atoms with Crippen molar-refractivity contribution in [3.63, 3.8) is 0 Å². The minimum Gasteiger partial charge on any atom is -0.346 e. The number of hydrogen-bond donors (Lipinski definition) is 0. The molecule has 0 aromatic carbocycles. The summed E-state index contributed by atoms with van der Waals surface area (Å²) in [6.07, 6.45) is 3.80. The number of pyridine rings is 1. The monoisotopic (exact) mass is 268 g/mol. The van der Waals surface area contributed by atoms with Crippen molar-refractivity contribution in [1.82, 2.24) is 9.88 Å². The van der Waals surface area contributed by atoms with Gasteiger partial charge >= 0.3 is 0 Å². The fourth-order valence-electron chi connectivity index (χ4n) is 2.72. The molecular weight excluding hydrogens is 252 g/mol. The van der Waals surface area contributed by atoms with E-state index in [1.807, 2.05) is 12.1 Å². The zero-order valence-corrected chi connectivity index (χ0v) is 11.0. The summed E-state index contributed by atoms with van der Waals surface area (Å²) in [4.78, 5) is 6.44. The van der Waals surface area contributed by atoms with Crippen LogP contribution in [0.5, 0.6) is 0 Å². The molecule has 1 aromatic rings. The molecule has 2 fully saturated rings. The van der Waals surface area contributed by atoms with Gasteiger partial charge < -0.3 is 9.47 Å². The Bertz CT molecular complexity index is 421. The van der Waals surface area contributed by atoms with Gasteiger partial charge in [0.1, 0.15) is 5.15 Å². The van der Waals surface area contributed by atoms with Gasteiger partial charge in [0.05, 0.1) is 19.8 Å². The molecule has 0 unspecified atom stereocenters. The van der Waals surface area contributed by atoms with Crippen molar-refractivity contribution in [1.29, 1.82) is 0 Å². The Balaban J connectivity index is 1.68. The number of ether oxygens (including phenoxy) is 2. The van der Waals surface area contributed by atoms with Gasteiger partial charge in [-0.25, -0.2) is 4.98 Å². The van der Waals surface area contributed by atoms with Crippen LogP contribution < -0.4 is 0 Å². The molecule has 2 aliphatic heterocycles. The second-order valence-corrected chi connectivity index (χ2v) is 5.23. The Morgan fingerprint density at radius 2 is 2.22 bits per heavy atom. The molecule has 18 heavy (non-hydrogen) atoms. The van der Waals surface area contributed by atoms with E-state index in [4.69, 9.17) is 21.1 Å². The molecule has 3 rings (SSSR count). The van der Waals surface area contributed by atoms with Gasteiger partial charge in [0.25, 0.3) is 0 Å². The van der Waals surface area contributed by atoms with Crippen molar-refractivity contribution in [2.45, 2.75) is 25.2 Å². The number of aromatic nitrogens is 1. The number of hydrogen-bond acceptors (Lipinski definition) is 4. The highest BCUT2D eigenvalue weighted by atomic mass is 35.5. The van der Waals surface area contributed by atoms with E-state index < -0.39 is 0 Å². The van der Waals surface area contributed by atoms with Crippen LogP contribution in [0, 0.1) is 0 Å². The highest BCUT2D eigenvalue weighted by molar-refractivity contribution is 6.30. The first-order valence-corrected chi connectivity index (χ1v) is 6.75. The first-order chi connectivity index (χ1) is 8.77. The molecular formula is C13H17ClN2O2. The van der Waals surface area contributed by atoms with Crippen LogP contribution in [-0.2, 0) is 16.0 Å². The van der Waals surface area contributed by atoms with Crippen molar-refractivity contribution in [3.05, 3.63) is 29.0 Å². The van der Waals surface area contributed by atoms with Crippen molar-refractivity contribution < 1.29 is 9.47 Å². The first-order valence-electron chi connectivity index (χ1n) is 6.37. The Kier molecular flexibility index (Phi) is 3.52. The van der Waals surface area contributed by atoms with Crippen molar-refractivity contribution in [3.8, 4) is 0 Å². The van der Waals surface area contributed by atoms with Crippen LogP contribution in [0.15, 0.2) is 18.3 Å². The zero-order chi connectivity index (χ0) is 12.4. The summed E-state index contributed by atoms with van der Waals surface area (Å²) in [7, 11) is 0. The molecule has 0 bridgehead atoms. The first kappa shape index (κ1) is 12.4. The predicted molar refractivity (Wildman–Crippen MR) is 68.4 cm³/mol. The maximum absolute atomic E-state index is 6.09. The molecule has 0 N–H and O–H groups in total. The Labute approximate surface area is 112 Å². The SMILES string of the molecule is Clc1ncccc1CN1CCCC2(C1)OCCO2. The zero-order valence-electron chi connectivity index (χ0n) is 10.3. The topological polar surface area (TPSA) is 34.6 Å². The number of nitrogens with zero attached hydrogens (tertiary/aromatic N) is 2. The minimum absolute atomic E-state index is 0.368. The minimum atomic E-state index is -0.368. The summed E-state index contributed by atoms with van der Waals surface area (Å²) < 4.78 is 11.5. The van der Waals surface area contributed by atoms with E-state index in [0.717, 1.165) is 38.0 Å². The maximum Gasteiger partial charge on any atom is 0.181 e. The molecule has 98 valence electrons. The van der Waals surface area contributed by atoms with Crippen LogP contribution in [0.4, 0.5) is 0 Å². The lowest BCUT2D eigenvalue weighted by Crippen LogP contribution is -2.48. The quantitative estimate of drug-likeness (QED) is 0.769. The maximum atomic E-state index is 6.09. The second-order valence-electron chi connectivity index (χ2n) is 4.88. The van der Waals surface area contributed by atoms with E-state index in [9.17, 15) is 0 Å². The van der Waals surface area contributed by atoms with E-state index in [-0.39, 0.29) is 5.79 Å². The van der Waals surface area contributed by atoms with Gasteiger partial charge in [0, 0.05) is 24.7 Å². The fourth-order valence-corrected chi connectivity index (χ4v) is 2.90. The molecule has 0 amide bonds. The molecule has 1 aromatic heterocycles. The lowest BCUT2D eigenvalue weighted by molar-refractivity contribution is -0.190. The number of halogens is 1. The molecule has 5 heteroatoms. The molecule has 0 saturated carbocycles. The van der Waals surface area contributed by atoms with Crippen LogP contribution in [0.25, 0.3) is 0 Å². The normalized spacial score (nSPS) is 23.6. The Morgan fingerprint density at radius 1 is 1.39 bits per heavy atom. The van der Waals surface area contributed by atoms with E-state index in [0.29, 0.717) is 18.4 Å². The molecule has 2 saturated heterocycles. The highest BCUT2D eigenvalue weighted by Crippen LogP contribution is 2.31. The van der Waals surface area contributed by atoms with E-state index in [1.54, 1.807) is 6.20 Å². The number of likely N-dealkylation sites (tertiary alicyclic amines) is 1. The predicted octanol–water partition coefficient (Wildman–Crippen LogP) is 2.07. The molecule has 0 aliphatic carbocycles. The van der Waals surface area contributed by atoms with Gasteiger partial charge in [-0.15, -0.1) is 0 Å². The fraction of sp³-hybridized carbons (Fsp3) is 0.615. The van der Waals surface area contributed by atoms with Crippen LogP contribution in [-0.4, -0.2) is 42.0 Å². The molecule has 0 radical (unpaired) electrons. The van der Waals surface area contributed by atoms with E-state index in [2.05, 4.69) is 9.88 Å². The lowest BCUT2D eigenvalue weighted by Gasteiger charge is -2.38. The Hall–Kier alpha value is -0.680. The molecule has 2 aliphatic rings. The third-order valence-corrected chi connectivity index (χ3v) is 3.88. The second kappa shape index (κ2) is 5.13. The van der Waals surface area contributed by atoms with Crippen molar-refractivity contribution in [2.24, 2.45) is 0 Å². The van der Waals surface area contributed by atoms with Crippen LogP contribution in [0.2, 0.25) is 5.15 Å². The third kappa shape index (κ3) is 2.52. The highest BCUT2D eigenvalue weighted by Gasteiger charge is 2.40. The van der Waals surface area contributed by atoms with Gasteiger partial charge in [-0.05, 0) is 19.0 Å².